The van der Waals surface area contributed by atoms with Crippen LogP contribution in [0.1, 0.15) is 15.9 Å². The quantitative estimate of drug-likeness (QED) is 0.472. The second kappa shape index (κ2) is 8.97. The molecule has 0 spiro atoms. The smallest absolute Gasteiger partial charge is 0.260 e. The van der Waals surface area contributed by atoms with E-state index in [1.807, 2.05) is 24.3 Å². The molecule has 2 aromatic heterocycles. The van der Waals surface area contributed by atoms with Gasteiger partial charge < -0.3 is 10.6 Å². The Morgan fingerprint density at radius 1 is 1.00 bits per heavy atom. The summed E-state index contributed by atoms with van der Waals surface area (Å²) < 4.78 is 27.2. The molecule has 4 rings (SSSR count). The molecule has 0 aliphatic rings. The number of pyridine rings is 2. The average molecular weight is 462 g/mol. The van der Waals surface area contributed by atoms with Crippen LogP contribution in [0.25, 0.3) is 10.9 Å². The van der Waals surface area contributed by atoms with Gasteiger partial charge in [-0.15, -0.1) is 0 Å². The van der Waals surface area contributed by atoms with Gasteiger partial charge >= 0.3 is 0 Å². The second-order valence-electron chi connectivity index (χ2n) is 7.65. The number of aromatic nitrogens is 2. The molecule has 0 aliphatic carbocycles. The van der Waals surface area contributed by atoms with E-state index < -0.39 is 10.0 Å². The Kier molecular flexibility index (Phi) is 6.08. The van der Waals surface area contributed by atoms with Crippen LogP contribution in [0.4, 0.5) is 11.5 Å². The van der Waals surface area contributed by atoms with E-state index in [0.717, 1.165) is 15.3 Å². The van der Waals surface area contributed by atoms with E-state index in [0.29, 0.717) is 16.9 Å². The minimum atomic E-state index is -3.81. The molecule has 0 fully saturated rings. The first-order chi connectivity index (χ1) is 15.8. The van der Waals surface area contributed by atoms with E-state index in [2.05, 4.69) is 9.97 Å². The summed E-state index contributed by atoms with van der Waals surface area (Å²) in [7, 11) is -0.892. The van der Waals surface area contributed by atoms with E-state index in [1.165, 1.54) is 31.3 Å². The molecule has 0 radical (unpaired) electrons. The van der Waals surface area contributed by atoms with Gasteiger partial charge in [-0.25, -0.2) is 17.7 Å². The molecule has 0 aliphatic heterocycles. The Labute approximate surface area is 192 Å². The van der Waals surface area contributed by atoms with Crippen molar-refractivity contribution in [3.8, 4) is 0 Å². The van der Waals surface area contributed by atoms with Gasteiger partial charge in [0.05, 0.1) is 23.3 Å². The Morgan fingerprint density at radius 3 is 2.48 bits per heavy atom. The van der Waals surface area contributed by atoms with Gasteiger partial charge in [-0.2, -0.15) is 0 Å². The highest BCUT2D eigenvalue weighted by Crippen LogP contribution is 2.30. The third-order valence-corrected chi connectivity index (χ3v) is 7.05. The Bertz CT molecular complexity index is 1420. The first-order valence-electron chi connectivity index (χ1n) is 10.2. The van der Waals surface area contributed by atoms with Crippen molar-refractivity contribution in [2.45, 2.75) is 11.4 Å². The number of sulfonamides is 1. The van der Waals surface area contributed by atoms with Crippen molar-refractivity contribution in [1.82, 2.24) is 14.3 Å². The molecule has 2 N–H and O–H groups in total. The lowest BCUT2D eigenvalue weighted by molar-refractivity contribution is 0.0984. The number of carbonyl (C=O) groups excluding carboxylic acids is 1. The molecule has 0 atom stereocenters. The number of para-hydroxylation sites is 1. The normalized spacial score (nSPS) is 11.6. The molecule has 2 heterocycles. The summed E-state index contributed by atoms with van der Waals surface area (Å²) in [5.41, 5.74) is 7.92. The van der Waals surface area contributed by atoms with Gasteiger partial charge in [-0.1, -0.05) is 24.3 Å². The molecule has 9 heteroatoms. The number of rotatable bonds is 6. The number of benzene rings is 2. The van der Waals surface area contributed by atoms with Crippen molar-refractivity contribution < 1.29 is 13.2 Å². The summed E-state index contributed by atoms with van der Waals surface area (Å²) in [6.07, 6.45) is 3.03. The fourth-order valence-corrected chi connectivity index (χ4v) is 4.55. The van der Waals surface area contributed by atoms with Crippen molar-refractivity contribution >= 4 is 38.3 Å². The van der Waals surface area contributed by atoms with Gasteiger partial charge in [-0.3, -0.25) is 9.78 Å². The van der Waals surface area contributed by atoms with Crippen LogP contribution in [0.15, 0.2) is 84.0 Å². The lowest BCUT2D eigenvalue weighted by Crippen LogP contribution is -2.33. The summed E-state index contributed by atoms with van der Waals surface area (Å²) in [4.78, 5) is 23.4. The number of nitrogens with two attached hydrogens (primary N) is 1. The molecule has 0 unspecified atom stereocenters. The molecule has 0 saturated heterocycles. The largest absolute Gasteiger partial charge is 0.384 e. The predicted octanol–water partition coefficient (Wildman–Crippen LogP) is 3.31. The van der Waals surface area contributed by atoms with Gasteiger partial charge in [-0.05, 0) is 48.0 Å². The first kappa shape index (κ1) is 22.4. The number of hydrogen-bond donors (Lipinski definition) is 1. The second-order valence-corrected chi connectivity index (χ2v) is 9.77. The number of carbonyl (C=O) groups is 1. The fraction of sp³-hybridized carbons (Fsp3) is 0.125. The topological polar surface area (TPSA) is 109 Å². The monoisotopic (exact) mass is 461 g/mol. The van der Waals surface area contributed by atoms with Gasteiger partial charge in [0, 0.05) is 31.9 Å². The summed E-state index contributed by atoms with van der Waals surface area (Å²) in [6, 6.07) is 19.0. The SMILES string of the molecule is CN(C)S(=O)(=O)c1ccccc1N(Cc1ccc2ccc(N)nc2c1)C(=O)c1cccnc1. The number of fused-ring (bicyclic) bond motifs is 1. The van der Waals surface area contributed by atoms with Crippen LogP contribution in [0.5, 0.6) is 0 Å². The minimum absolute atomic E-state index is 0.0374. The maximum atomic E-state index is 13.6. The lowest BCUT2D eigenvalue weighted by Gasteiger charge is -2.26. The lowest BCUT2D eigenvalue weighted by atomic mass is 10.1. The van der Waals surface area contributed by atoms with Crippen LogP contribution in [-0.2, 0) is 16.6 Å². The van der Waals surface area contributed by atoms with Crippen LogP contribution >= 0.6 is 0 Å². The molecular weight excluding hydrogens is 438 g/mol. The van der Waals surface area contributed by atoms with Gasteiger partial charge in [0.2, 0.25) is 10.0 Å². The van der Waals surface area contributed by atoms with Crippen LogP contribution in [0, 0.1) is 0 Å². The van der Waals surface area contributed by atoms with E-state index in [-0.39, 0.29) is 23.0 Å². The van der Waals surface area contributed by atoms with Gasteiger partial charge in [0.15, 0.2) is 0 Å². The number of amides is 1. The number of nitrogen functional groups attached to an aromatic ring is 1. The summed E-state index contributed by atoms with van der Waals surface area (Å²) in [6.45, 7) is 0.125. The summed E-state index contributed by atoms with van der Waals surface area (Å²) >= 11 is 0. The Morgan fingerprint density at radius 2 is 1.76 bits per heavy atom. The summed E-state index contributed by atoms with van der Waals surface area (Å²) in [5.74, 6) is 0.0236. The zero-order valence-corrected chi connectivity index (χ0v) is 19.0. The number of hydrogen-bond acceptors (Lipinski definition) is 6. The van der Waals surface area contributed by atoms with E-state index in [1.54, 1.807) is 42.6 Å². The molecule has 1 amide bonds. The minimum Gasteiger partial charge on any atom is -0.384 e. The highest BCUT2D eigenvalue weighted by molar-refractivity contribution is 7.89. The Hall–Kier alpha value is -3.82. The van der Waals surface area contributed by atoms with Crippen LogP contribution in [-0.4, -0.2) is 42.7 Å². The maximum Gasteiger partial charge on any atom is 0.260 e. The maximum absolute atomic E-state index is 13.6. The van der Waals surface area contributed by atoms with E-state index in [4.69, 9.17) is 5.73 Å². The van der Waals surface area contributed by atoms with Crippen molar-refractivity contribution in [1.29, 1.82) is 0 Å². The molecule has 4 aromatic rings. The fourth-order valence-electron chi connectivity index (χ4n) is 3.47. The average Bonchev–Trinajstić information content (AvgIpc) is 2.82. The number of anilines is 2. The number of nitrogens with zero attached hydrogens (tertiary/aromatic N) is 4. The molecule has 0 saturated carbocycles. The van der Waals surface area contributed by atoms with Crippen molar-refractivity contribution in [2.75, 3.05) is 24.7 Å². The highest BCUT2D eigenvalue weighted by Gasteiger charge is 2.27. The van der Waals surface area contributed by atoms with E-state index >= 15 is 0 Å². The van der Waals surface area contributed by atoms with Crippen molar-refractivity contribution in [3.05, 3.63) is 90.3 Å². The van der Waals surface area contributed by atoms with Gasteiger partial charge in [0.25, 0.3) is 5.91 Å². The first-order valence-corrected chi connectivity index (χ1v) is 11.6. The van der Waals surface area contributed by atoms with Crippen molar-refractivity contribution in [3.63, 3.8) is 0 Å². The zero-order chi connectivity index (χ0) is 23.6. The van der Waals surface area contributed by atoms with Crippen LogP contribution < -0.4 is 10.6 Å². The highest BCUT2D eigenvalue weighted by atomic mass is 32.2. The molecule has 8 nitrogen and oxygen atoms in total. The molecular formula is C24H23N5O3S. The Balaban J connectivity index is 1.85. The van der Waals surface area contributed by atoms with E-state index in [9.17, 15) is 13.2 Å². The standard InChI is InChI=1S/C24H23N5O3S/c1-28(2)33(31,32)22-8-4-3-7-21(22)29(24(30)19-6-5-13-26-15-19)16-17-9-10-18-11-12-23(25)27-20(18)14-17/h3-15H,16H2,1-2H3,(H2,25,27). The van der Waals surface area contributed by atoms with Gasteiger partial charge in [0.1, 0.15) is 10.7 Å². The molecule has 168 valence electrons. The zero-order valence-electron chi connectivity index (χ0n) is 18.2. The third-order valence-electron chi connectivity index (χ3n) is 5.19. The molecule has 0 bridgehead atoms. The molecule has 33 heavy (non-hydrogen) atoms. The van der Waals surface area contributed by atoms with Crippen LogP contribution in [0.2, 0.25) is 0 Å². The van der Waals surface area contributed by atoms with Crippen molar-refractivity contribution in [2.24, 2.45) is 0 Å². The predicted molar refractivity (Wildman–Crippen MR) is 128 cm³/mol. The van der Waals surface area contributed by atoms with Crippen LogP contribution in [0.3, 0.4) is 0 Å². The summed E-state index contributed by atoms with van der Waals surface area (Å²) in [5, 5.41) is 0.911. The molecule has 2 aromatic carbocycles. The third kappa shape index (κ3) is 4.55.